The zero-order valence-corrected chi connectivity index (χ0v) is 44.0. The molecular formula is C58H73FN8O9. The van der Waals surface area contributed by atoms with Crippen LogP contribution in [0.2, 0.25) is 0 Å². The van der Waals surface area contributed by atoms with E-state index in [0.29, 0.717) is 114 Å². The number of fused-ring (bicyclic) bond motifs is 1. The summed E-state index contributed by atoms with van der Waals surface area (Å²) in [6.45, 7) is 11.9. The molecule has 0 bridgehead atoms. The van der Waals surface area contributed by atoms with Crippen molar-refractivity contribution in [1.29, 1.82) is 0 Å². The predicted octanol–water partition coefficient (Wildman–Crippen LogP) is 7.49. The molecule has 1 aliphatic carbocycles. The molecule has 2 atom stereocenters. The summed E-state index contributed by atoms with van der Waals surface area (Å²) in [7, 11) is 0. The van der Waals surface area contributed by atoms with Gasteiger partial charge in [0.2, 0.25) is 5.91 Å². The van der Waals surface area contributed by atoms with Crippen LogP contribution in [0.5, 0.6) is 0 Å². The van der Waals surface area contributed by atoms with Crippen molar-refractivity contribution in [2.24, 2.45) is 0 Å². The van der Waals surface area contributed by atoms with E-state index in [2.05, 4.69) is 53.0 Å². The molecule has 2 amide bonds. The Morgan fingerprint density at radius 2 is 1.49 bits per heavy atom. The van der Waals surface area contributed by atoms with Gasteiger partial charge in [0.15, 0.2) is 5.43 Å². The zero-order chi connectivity index (χ0) is 53.1. The van der Waals surface area contributed by atoms with Gasteiger partial charge in [0.25, 0.3) is 0 Å². The van der Waals surface area contributed by atoms with E-state index in [1.165, 1.54) is 6.07 Å². The Balaban J connectivity index is 0.797. The van der Waals surface area contributed by atoms with E-state index in [4.69, 9.17) is 34.8 Å². The largest absolute Gasteiger partial charge is 0.444 e. The van der Waals surface area contributed by atoms with E-state index in [9.17, 15) is 14.4 Å². The normalized spacial score (nSPS) is 16.7. The van der Waals surface area contributed by atoms with Gasteiger partial charge in [0.05, 0.1) is 95.5 Å². The number of ether oxygens (including phenoxy) is 6. The molecule has 17 nitrogen and oxygen atoms in total. The number of hydrogen-bond acceptors (Lipinski definition) is 14. The molecule has 3 fully saturated rings. The van der Waals surface area contributed by atoms with Gasteiger partial charge in [-0.2, -0.15) is 0 Å². The fraction of sp³-hybridized carbons (Fsp3) is 0.500. The van der Waals surface area contributed by atoms with E-state index in [1.807, 2.05) is 67.7 Å². The Morgan fingerprint density at radius 1 is 0.776 bits per heavy atom. The lowest BCUT2D eigenvalue weighted by atomic mass is 10.0. The minimum absolute atomic E-state index is 0.156. The fourth-order valence-corrected chi connectivity index (χ4v) is 9.75. The molecule has 76 heavy (non-hydrogen) atoms. The van der Waals surface area contributed by atoms with Crippen molar-refractivity contribution >= 4 is 40.0 Å². The number of nitrogens with one attached hydrogen (secondary N) is 2. The summed E-state index contributed by atoms with van der Waals surface area (Å²) < 4.78 is 51.5. The highest BCUT2D eigenvalue weighted by molar-refractivity contribution is 5.90. The third-order valence-corrected chi connectivity index (χ3v) is 13.8. The highest BCUT2D eigenvalue weighted by Crippen LogP contribution is 2.39. The first kappa shape index (κ1) is 55.8. The average molecular weight is 1050 g/mol. The second-order valence-electron chi connectivity index (χ2n) is 19.7. The van der Waals surface area contributed by atoms with Crippen LogP contribution in [0.3, 0.4) is 0 Å². The second-order valence-corrected chi connectivity index (χ2v) is 19.7. The van der Waals surface area contributed by atoms with E-state index in [0.717, 1.165) is 72.5 Å². The molecule has 1 saturated carbocycles. The molecule has 406 valence electrons. The maximum atomic E-state index is 16.5. The van der Waals surface area contributed by atoms with Gasteiger partial charge < -0.3 is 53.4 Å². The van der Waals surface area contributed by atoms with Crippen molar-refractivity contribution in [2.45, 2.75) is 96.6 Å². The summed E-state index contributed by atoms with van der Waals surface area (Å²) in [5.41, 5.74) is 7.20. The molecule has 18 heteroatoms. The van der Waals surface area contributed by atoms with Gasteiger partial charge in [-0.3, -0.25) is 24.5 Å². The Labute approximate surface area is 445 Å². The number of benzene rings is 2. The molecule has 2 N–H and O–H groups in total. The molecule has 2 aromatic carbocycles. The van der Waals surface area contributed by atoms with Crippen LogP contribution < -0.4 is 25.9 Å². The molecular weight excluding hydrogens is 972 g/mol. The zero-order valence-electron chi connectivity index (χ0n) is 44.0. The number of halogens is 1. The van der Waals surface area contributed by atoms with Crippen LogP contribution in [-0.4, -0.2) is 136 Å². The standard InChI is InChI=1S/C58H73FN8O9/c1-4-22-71-24-26-73-28-30-75-31-29-74-27-25-72-23-18-56(68)63-47-12-10-44(11-13-47)35-62-58(70)76-51-8-6-21-65(41-51)55-34-54-52(33-53(55)59)57(69)46(39-67(54)48-15-16-48)38-66(37-45-17-19-60-43(3)32-45)50-7-5-20-64(40-50)49-14-9-42(2)61-36-49/h1,9-14,17,19,32-34,36,39,48,50-51H,5-8,15-16,18,20-31,35,37-38,40-41H2,2-3H3,(H,62,70)(H,63,68)/t50-,51-/m0/s1. The lowest BCUT2D eigenvalue weighted by Crippen LogP contribution is -2.48. The highest BCUT2D eigenvalue weighted by Gasteiger charge is 2.31. The number of piperidine rings is 2. The summed E-state index contributed by atoms with van der Waals surface area (Å²) in [6.07, 6.45) is 15.4. The number of anilines is 3. The van der Waals surface area contributed by atoms with Crippen LogP contribution >= 0.6 is 0 Å². The van der Waals surface area contributed by atoms with Gasteiger partial charge in [-0.05, 0) is 112 Å². The molecule has 3 aliphatic rings. The number of pyridine rings is 3. The minimum Gasteiger partial charge on any atom is -0.444 e. The predicted molar refractivity (Wildman–Crippen MR) is 290 cm³/mol. The van der Waals surface area contributed by atoms with Crippen LogP contribution in [0.15, 0.2) is 84.0 Å². The van der Waals surface area contributed by atoms with Crippen molar-refractivity contribution in [2.75, 3.05) is 107 Å². The number of carbonyl (C=O) groups is 2. The third-order valence-electron chi connectivity index (χ3n) is 13.8. The van der Waals surface area contributed by atoms with Crippen molar-refractivity contribution in [3.63, 3.8) is 0 Å². The summed E-state index contributed by atoms with van der Waals surface area (Å²) in [6, 6.07) is 19.1. The highest BCUT2D eigenvalue weighted by atomic mass is 19.1. The average Bonchev–Trinajstić information content (AvgIpc) is 4.31. The number of carbonyl (C=O) groups excluding carboxylic acids is 2. The number of amides is 2. The number of terminal acetylenes is 1. The molecule has 2 aliphatic heterocycles. The fourth-order valence-electron chi connectivity index (χ4n) is 9.75. The van der Waals surface area contributed by atoms with Crippen molar-refractivity contribution in [1.82, 2.24) is 24.8 Å². The lowest BCUT2D eigenvalue weighted by Gasteiger charge is -2.40. The smallest absolute Gasteiger partial charge is 0.407 e. The molecule has 0 unspecified atom stereocenters. The second kappa shape index (κ2) is 28.6. The van der Waals surface area contributed by atoms with E-state index < -0.39 is 18.0 Å². The van der Waals surface area contributed by atoms with Gasteiger partial charge in [0.1, 0.15) is 18.5 Å². The van der Waals surface area contributed by atoms with Crippen molar-refractivity contribution in [3.8, 4) is 12.3 Å². The Morgan fingerprint density at radius 3 is 2.18 bits per heavy atom. The lowest BCUT2D eigenvalue weighted by molar-refractivity contribution is -0.117. The molecule has 8 rings (SSSR count). The number of nitrogens with zero attached hydrogens (tertiary/aromatic N) is 6. The Kier molecular flexibility index (Phi) is 21.0. The van der Waals surface area contributed by atoms with Crippen LogP contribution in [0, 0.1) is 32.0 Å². The Bertz CT molecular complexity index is 2770. The SMILES string of the molecule is C#CCOCCOCCOCCOCCOCCC(=O)Nc1ccc(CNC(=O)O[C@H]2CCCN(c3cc4c(cc3F)c(=O)c(CN(Cc3ccnc(C)c3)[C@H]3CCCN(c5ccc(C)nc5)C3)cn4C3CC3)C2)cc1. The first-order chi connectivity index (χ1) is 37.1. The van der Waals surface area contributed by atoms with Gasteiger partial charge in [-0.1, -0.05) is 18.1 Å². The van der Waals surface area contributed by atoms with Crippen LogP contribution in [0.1, 0.15) is 79.1 Å². The van der Waals surface area contributed by atoms with Gasteiger partial charge in [-0.25, -0.2) is 9.18 Å². The Hall–Kier alpha value is -6.46. The summed E-state index contributed by atoms with van der Waals surface area (Å²) in [4.78, 5) is 55.9. The van der Waals surface area contributed by atoms with Crippen molar-refractivity contribution < 1.29 is 42.4 Å². The maximum absolute atomic E-state index is 16.5. The molecule has 2 saturated heterocycles. The van der Waals surface area contributed by atoms with Crippen LogP contribution in [0.25, 0.3) is 10.9 Å². The summed E-state index contributed by atoms with van der Waals surface area (Å²) in [5, 5.41) is 6.07. The topological polar surface area (TPSA) is 171 Å². The molecule has 5 aromatic rings. The summed E-state index contributed by atoms with van der Waals surface area (Å²) in [5.74, 6) is 1.74. The van der Waals surface area contributed by atoms with Crippen molar-refractivity contribution in [3.05, 3.63) is 123 Å². The quantitative estimate of drug-likeness (QED) is 0.0373. The third kappa shape index (κ3) is 16.8. The number of hydrogen-bond donors (Lipinski definition) is 2. The monoisotopic (exact) mass is 1040 g/mol. The summed E-state index contributed by atoms with van der Waals surface area (Å²) >= 11 is 0. The molecule has 3 aromatic heterocycles. The van der Waals surface area contributed by atoms with Crippen LogP contribution in [-0.2, 0) is 52.8 Å². The van der Waals surface area contributed by atoms with Gasteiger partial charge >= 0.3 is 6.09 Å². The first-order valence-corrected chi connectivity index (χ1v) is 26.7. The number of alkyl carbamates (subject to hydrolysis) is 1. The van der Waals surface area contributed by atoms with Crippen LogP contribution in [0.4, 0.5) is 26.2 Å². The van der Waals surface area contributed by atoms with E-state index in [-0.39, 0.29) is 49.6 Å². The van der Waals surface area contributed by atoms with Gasteiger partial charge in [0, 0.05) is 91.8 Å². The number of aromatic nitrogens is 3. The van der Waals surface area contributed by atoms with E-state index >= 15 is 4.39 Å². The van der Waals surface area contributed by atoms with Gasteiger partial charge in [-0.15, -0.1) is 6.42 Å². The minimum atomic E-state index is -0.571. The first-order valence-electron chi connectivity index (χ1n) is 26.7. The molecule has 5 heterocycles. The molecule has 0 radical (unpaired) electrons. The van der Waals surface area contributed by atoms with E-state index in [1.54, 1.807) is 12.1 Å². The maximum Gasteiger partial charge on any atom is 0.407 e. The number of rotatable bonds is 28. The molecule has 0 spiro atoms. The number of aryl methyl sites for hydroxylation is 2.